The summed E-state index contributed by atoms with van der Waals surface area (Å²) in [6.45, 7) is 14.4. The van der Waals surface area contributed by atoms with Crippen molar-refractivity contribution < 1.29 is 0 Å². The van der Waals surface area contributed by atoms with Crippen LogP contribution in [0, 0.1) is 0 Å². The van der Waals surface area contributed by atoms with Crippen LogP contribution in [0.3, 0.4) is 0 Å². The highest BCUT2D eigenvalue weighted by Crippen LogP contribution is 2.37. The zero-order valence-electron chi connectivity index (χ0n) is 11.3. The van der Waals surface area contributed by atoms with E-state index >= 15 is 0 Å². The number of nitrogens with zero attached hydrogens (tertiary/aromatic N) is 1. The zero-order valence-corrected chi connectivity index (χ0v) is 14.9. The molecule has 0 aromatic carbocycles. The Bertz CT molecular complexity index is 246. The van der Waals surface area contributed by atoms with Crippen molar-refractivity contribution in [3.63, 3.8) is 0 Å². The molecule has 0 unspecified atom stereocenters. The van der Waals surface area contributed by atoms with Crippen LogP contribution in [0.4, 0.5) is 0 Å². The average Bonchev–Trinajstić information content (AvgIpc) is 2.12. The first-order chi connectivity index (χ1) is 7.21. The first-order valence-corrected chi connectivity index (χ1v) is 12.1. The average molecular weight is 294 g/mol. The molecule has 0 N–H and O–H groups in total. The van der Waals surface area contributed by atoms with Crippen molar-refractivity contribution in [2.45, 2.75) is 52.4 Å². The summed E-state index contributed by atoms with van der Waals surface area (Å²) in [5.74, 6) is 2.64. The summed E-state index contributed by atoms with van der Waals surface area (Å²) in [6.07, 6.45) is 1.37. The molecule has 1 rings (SSSR count). The Morgan fingerprint density at radius 3 is 2.00 bits per heavy atom. The molecule has 5 heteroatoms. The lowest BCUT2D eigenvalue weighted by atomic mass is 10.1. The van der Waals surface area contributed by atoms with Crippen molar-refractivity contribution in [2.24, 2.45) is 0 Å². The molecule has 0 saturated carbocycles. The van der Waals surface area contributed by atoms with Gasteiger partial charge in [-0.25, -0.2) is 0 Å². The summed E-state index contributed by atoms with van der Waals surface area (Å²) in [5.41, 5.74) is 0.289. The third-order valence-corrected chi connectivity index (χ3v) is 10.6. The molecular formula is C11H24NPS2Si. The Labute approximate surface area is 112 Å². The Morgan fingerprint density at radius 2 is 1.62 bits per heavy atom. The maximum absolute atomic E-state index is 2.72. The van der Waals surface area contributed by atoms with Gasteiger partial charge in [-0.2, -0.15) is 0 Å². The van der Waals surface area contributed by atoms with Crippen LogP contribution >= 0.6 is 31.9 Å². The van der Waals surface area contributed by atoms with Crippen LogP contribution in [0.2, 0.25) is 19.6 Å². The second kappa shape index (κ2) is 5.79. The maximum atomic E-state index is 2.72. The Hall–Kier alpha value is 1.05. The van der Waals surface area contributed by atoms with Gasteiger partial charge in [-0.15, -0.1) is 23.5 Å². The molecule has 1 nitrogen and oxygen atoms in total. The van der Waals surface area contributed by atoms with E-state index in [1.807, 2.05) is 0 Å². The minimum atomic E-state index is -1.23. The molecule has 1 aliphatic rings. The molecule has 0 atom stereocenters. The van der Waals surface area contributed by atoms with E-state index in [4.69, 9.17) is 0 Å². The fourth-order valence-corrected chi connectivity index (χ4v) is 9.72. The van der Waals surface area contributed by atoms with Gasteiger partial charge in [0, 0.05) is 5.54 Å². The molecule has 1 fully saturated rings. The lowest BCUT2D eigenvalue weighted by Crippen LogP contribution is -2.50. The molecule has 0 bridgehead atoms. The van der Waals surface area contributed by atoms with Gasteiger partial charge in [0.2, 0.25) is 0 Å². The van der Waals surface area contributed by atoms with Gasteiger partial charge < -0.3 is 0 Å². The van der Waals surface area contributed by atoms with Crippen molar-refractivity contribution in [1.29, 1.82) is 0 Å². The van der Waals surface area contributed by atoms with Crippen LogP contribution in [0.1, 0.15) is 27.2 Å². The van der Waals surface area contributed by atoms with Crippen molar-refractivity contribution >= 4 is 44.1 Å². The van der Waals surface area contributed by atoms with Gasteiger partial charge in [0.25, 0.3) is 0 Å². The molecule has 16 heavy (non-hydrogen) atoms. The molecule has 0 spiro atoms. The third-order valence-electron chi connectivity index (χ3n) is 2.19. The standard InChI is InChI=1S/C11H24NPS2Si/c1-11(2,3)12(16(4,5)6)13-10-14-8-7-9-15-10/h7-9H2,1-6H3. The van der Waals surface area contributed by atoms with E-state index in [0.717, 1.165) is 0 Å². The van der Waals surface area contributed by atoms with E-state index in [1.54, 1.807) is 3.96 Å². The highest BCUT2D eigenvalue weighted by molar-refractivity contribution is 8.44. The van der Waals surface area contributed by atoms with E-state index in [0.29, 0.717) is 0 Å². The fourth-order valence-electron chi connectivity index (χ4n) is 1.87. The van der Waals surface area contributed by atoms with Crippen LogP contribution in [-0.4, -0.2) is 33.6 Å². The van der Waals surface area contributed by atoms with Crippen molar-refractivity contribution in [1.82, 2.24) is 4.34 Å². The van der Waals surface area contributed by atoms with E-state index in [9.17, 15) is 0 Å². The summed E-state index contributed by atoms with van der Waals surface area (Å²) in [7, 11) is 0.233. The van der Waals surface area contributed by atoms with Gasteiger partial charge in [-0.3, -0.25) is 4.34 Å². The Kier molecular flexibility index (Phi) is 5.47. The van der Waals surface area contributed by atoms with Gasteiger partial charge in [0.05, 0.1) is 3.96 Å². The van der Waals surface area contributed by atoms with Gasteiger partial charge in [0.15, 0.2) is 0 Å². The Morgan fingerprint density at radius 1 is 1.12 bits per heavy atom. The van der Waals surface area contributed by atoms with Crippen LogP contribution in [0.5, 0.6) is 0 Å². The van der Waals surface area contributed by atoms with Crippen molar-refractivity contribution in [2.75, 3.05) is 11.5 Å². The molecule has 0 aromatic heterocycles. The number of hydrogen-bond donors (Lipinski definition) is 0. The Balaban J connectivity index is 2.86. The summed E-state index contributed by atoms with van der Waals surface area (Å²) in [4.78, 5) is 0. The quantitative estimate of drug-likeness (QED) is 0.535. The van der Waals surface area contributed by atoms with Crippen LogP contribution in [-0.2, 0) is 0 Å². The smallest absolute Gasteiger partial charge is 0.129 e. The number of rotatable bonds is 2. The summed E-state index contributed by atoms with van der Waals surface area (Å²) in [6, 6.07) is 0. The largest absolute Gasteiger partial charge is 0.273 e. The maximum Gasteiger partial charge on any atom is 0.129 e. The first kappa shape index (κ1) is 15.1. The molecule has 0 amide bonds. The lowest BCUT2D eigenvalue weighted by molar-refractivity contribution is 0.379. The molecule has 1 aliphatic heterocycles. The van der Waals surface area contributed by atoms with Crippen LogP contribution < -0.4 is 0 Å². The predicted octanol–water partition coefficient (Wildman–Crippen LogP) is 4.74. The van der Waals surface area contributed by atoms with Crippen molar-refractivity contribution in [3.05, 3.63) is 0 Å². The van der Waals surface area contributed by atoms with Gasteiger partial charge in [-0.1, -0.05) is 19.6 Å². The fraction of sp³-hybridized carbons (Fsp3) is 0.909. The highest BCUT2D eigenvalue weighted by Gasteiger charge is 2.32. The number of hydrogen-bond acceptors (Lipinski definition) is 3. The molecule has 94 valence electrons. The normalized spacial score (nSPS) is 19.6. The third kappa shape index (κ3) is 4.73. The molecule has 0 radical (unpaired) electrons. The van der Waals surface area contributed by atoms with Crippen molar-refractivity contribution in [3.8, 4) is 0 Å². The SMILES string of the molecule is CC(C)(C)N(P=C1SCCCS1)[Si](C)(C)C. The molecular weight excluding hydrogens is 269 g/mol. The van der Waals surface area contributed by atoms with E-state index in [1.165, 1.54) is 26.3 Å². The minimum Gasteiger partial charge on any atom is -0.273 e. The number of thioether (sulfide) groups is 2. The summed E-state index contributed by atoms with van der Waals surface area (Å²) in [5, 5.41) is 0. The first-order valence-electron chi connectivity index (χ1n) is 5.86. The molecule has 0 aromatic rings. The predicted molar refractivity (Wildman–Crippen MR) is 86.4 cm³/mol. The van der Waals surface area contributed by atoms with E-state index in [2.05, 4.69) is 68.3 Å². The second-order valence-corrected chi connectivity index (χ2v) is 15.4. The van der Waals surface area contributed by atoms with E-state index in [-0.39, 0.29) is 5.54 Å². The summed E-state index contributed by atoms with van der Waals surface area (Å²) < 4.78 is 4.34. The molecule has 0 aliphatic carbocycles. The van der Waals surface area contributed by atoms with Gasteiger partial charge in [0.1, 0.15) is 8.24 Å². The lowest BCUT2D eigenvalue weighted by Gasteiger charge is -2.41. The van der Waals surface area contributed by atoms with Crippen LogP contribution in [0.15, 0.2) is 0 Å². The summed E-state index contributed by atoms with van der Waals surface area (Å²) >= 11 is 4.14. The van der Waals surface area contributed by atoms with Gasteiger partial charge in [-0.05, 0) is 47.1 Å². The zero-order chi connectivity index (χ0) is 12.4. The molecule has 1 heterocycles. The van der Waals surface area contributed by atoms with Gasteiger partial charge >= 0.3 is 0 Å². The minimum absolute atomic E-state index is 0.289. The monoisotopic (exact) mass is 293 g/mol. The topological polar surface area (TPSA) is 3.24 Å². The highest BCUT2D eigenvalue weighted by atomic mass is 32.2. The molecule has 1 saturated heterocycles. The second-order valence-electron chi connectivity index (χ2n) is 6.07. The van der Waals surface area contributed by atoms with E-state index < -0.39 is 8.24 Å². The van der Waals surface area contributed by atoms with Crippen LogP contribution in [0.25, 0.3) is 0 Å².